The summed E-state index contributed by atoms with van der Waals surface area (Å²) >= 11 is 0. The molecule has 31 heavy (non-hydrogen) atoms. The molecule has 0 spiro atoms. The number of benzene rings is 2. The summed E-state index contributed by atoms with van der Waals surface area (Å²) in [5.74, 6) is -3.41. The van der Waals surface area contributed by atoms with E-state index < -0.39 is 23.3 Å². The number of nitriles is 1. The average Bonchev–Trinajstić information content (AvgIpc) is 2.81. The molecule has 0 atom stereocenters. The lowest BCUT2D eigenvalue weighted by Crippen LogP contribution is -2.31. The molecule has 158 valence electrons. The SMILES string of the molecule is N#Cc1ccc(OCc2ccccc2)c(-c2nc(F)c(F)c(N3CCCCC3)c2F)c1. The van der Waals surface area contributed by atoms with Crippen LogP contribution in [0.2, 0.25) is 0 Å². The normalized spacial score (nSPS) is 13.7. The first kappa shape index (κ1) is 20.7. The summed E-state index contributed by atoms with van der Waals surface area (Å²) in [4.78, 5) is 5.07. The third kappa shape index (κ3) is 4.33. The molecule has 1 saturated heterocycles. The third-order valence-corrected chi connectivity index (χ3v) is 5.29. The molecule has 0 unspecified atom stereocenters. The Hall–Kier alpha value is -3.53. The van der Waals surface area contributed by atoms with Crippen LogP contribution in [0.25, 0.3) is 11.3 Å². The molecule has 1 aromatic heterocycles. The maximum atomic E-state index is 15.5. The van der Waals surface area contributed by atoms with Crippen LogP contribution < -0.4 is 9.64 Å². The highest BCUT2D eigenvalue weighted by Gasteiger charge is 2.28. The van der Waals surface area contributed by atoms with E-state index in [0.29, 0.717) is 13.1 Å². The highest BCUT2D eigenvalue weighted by molar-refractivity contribution is 5.73. The van der Waals surface area contributed by atoms with Crippen LogP contribution in [-0.2, 0) is 6.61 Å². The number of halogens is 3. The summed E-state index contributed by atoms with van der Waals surface area (Å²) in [6.45, 7) is 1.06. The van der Waals surface area contributed by atoms with Gasteiger partial charge in [-0.15, -0.1) is 0 Å². The van der Waals surface area contributed by atoms with E-state index in [9.17, 15) is 14.0 Å². The van der Waals surface area contributed by atoms with Gasteiger partial charge in [0.2, 0.25) is 5.82 Å². The molecule has 4 nitrogen and oxygen atoms in total. The number of pyridine rings is 1. The van der Waals surface area contributed by atoms with Crippen molar-refractivity contribution in [2.24, 2.45) is 0 Å². The Kier molecular flexibility index (Phi) is 6.08. The maximum absolute atomic E-state index is 15.5. The van der Waals surface area contributed by atoms with Crippen LogP contribution in [0.5, 0.6) is 5.75 Å². The second kappa shape index (κ2) is 9.09. The fraction of sp³-hybridized carbons (Fsp3) is 0.250. The molecule has 1 aliphatic rings. The largest absolute Gasteiger partial charge is 0.488 e. The summed E-state index contributed by atoms with van der Waals surface area (Å²) in [7, 11) is 0. The van der Waals surface area contributed by atoms with Crippen molar-refractivity contribution in [3.8, 4) is 23.1 Å². The summed E-state index contributed by atoms with van der Waals surface area (Å²) in [6.07, 6.45) is 2.50. The zero-order chi connectivity index (χ0) is 21.8. The molecule has 2 heterocycles. The first-order chi connectivity index (χ1) is 15.1. The lowest BCUT2D eigenvalue weighted by molar-refractivity contribution is 0.307. The number of hydrogen-bond acceptors (Lipinski definition) is 4. The first-order valence-corrected chi connectivity index (χ1v) is 10.1. The molecule has 3 aromatic rings. The van der Waals surface area contributed by atoms with Crippen molar-refractivity contribution >= 4 is 5.69 Å². The topological polar surface area (TPSA) is 49.1 Å². The predicted molar refractivity (Wildman–Crippen MR) is 111 cm³/mol. The van der Waals surface area contributed by atoms with Gasteiger partial charge in [-0.05, 0) is 43.0 Å². The van der Waals surface area contributed by atoms with Crippen molar-refractivity contribution < 1.29 is 17.9 Å². The number of aromatic nitrogens is 1. The van der Waals surface area contributed by atoms with Crippen molar-refractivity contribution in [1.82, 2.24) is 4.98 Å². The van der Waals surface area contributed by atoms with Gasteiger partial charge >= 0.3 is 0 Å². The Morgan fingerprint density at radius 2 is 1.71 bits per heavy atom. The molecular formula is C24H20F3N3O. The Morgan fingerprint density at radius 1 is 0.968 bits per heavy atom. The zero-order valence-corrected chi connectivity index (χ0v) is 16.7. The van der Waals surface area contributed by atoms with Crippen LogP contribution in [-0.4, -0.2) is 18.1 Å². The Bertz CT molecular complexity index is 1120. The van der Waals surface area contributed by atoms with Crippen LogP contribution >= 0.6 is 0 Å². The molecule has 0 aliphatic carbocycles. The maximum Gasteiger partial charge on any atom is 0.251 e. The van der Waals surface area contributed by atoms with Crippen LogP contribution in [0.3, 0.4) is 0 Å². The minimum absolute atomic E-state index is 0.102. The fourth-order valence-corrected chi connectivity index (χ4v) is 3.72. The second-order valence-corrected chi connectivity index (χ2v) is 7.37. The van der Waals surface area contributed by atoms with Gasteiger partial charge in [0.05, 0.1) is 11.6 Å². The van der Waals surface area contributed by atoms with Gasteiger partial charge in [-0.2, -0.15) is 14.0 Å². The molecule has 7 heteroatoms. The Labute approximate surface area is 178 Å². The fourth-order valence-electron chi connectivity index (χ4n) is 3.72. The van der Waals surface area contributed by atoms with Crippen LogP contribution in [0.4, 0.5) is 18.9 Å². The number of piperidine rings is 1. The molecular weight excluding hydrogens is 403 g/mol. The van der Waals surface area contributed by atoms with Crippen molar-refractivity contribution in [2.75, 3.05) is 18.0 Å². The van der Waals surface area contributed by atoms with Crippen molar-refractivity contribution in [3.63, 3.8) is 0 Å². The van der Waals surface area contributed by atoms with Gasteiger partial charge in [0, 0.05) is 18.7 Å². The summed E-state index contributed by atoms with van der Waals surface area (Å²) in [5, 5.41) is 9.29. The average molecular weight is 423 g/mol. The number of hydrogen-bond donors (Lipinski definition) is 0. The standard InChI is InChI=1S/C24H20F3N3O/c25-20-22(29-24(27)21(26)23(20)30-11-5-2-6-12-30)18-13-17(14-28)9-10-19(18)31-15-16-7-3-1-4-8-16/h1,3-4,7-10,13H,2,5-6,11-12,15H2. The first-order valence-electron chi connectivity index (χ1n) is 10.1. The van der Waals surface area contributed by atoms with E-state index in [1.54, 1.807) is 0 Å². The highest BCUT2D eigenvalue weighted by atomic mass is 19.2. The number of ether oxygens (including phenoxy) is 1. The lowest BCUT2D eigenvalue weighted by Gasteiger charge is -2.29. The molecule has 0 N–H and O–H groups in total. The second-order valence-electron chi connectivity index (χ2n) is 7.37. The quantitative estimate of drug-likeness (QED) is 0.501. The van der Waals surface area contributed by atoms with Gasteiger partial charge in [-0.25, -0.2) is 9.37 Å². The molecule has 0 radical (unpaired) electrons. The van der Waals surface area contributed by atoms with Crippen LogP contribution in [0.1, 0.15) is 30.4 Å². The number of rotatable bonds is 5. The van der Waals surface area contributed by atoms with Gasteiger partial charge in [0.25, 0.3) is 5.95 Å². The highest BCUT2D eigenvalue weighted by Crippen LogP contribution is 2.38. The van der Waals surface area contributed by atoms with Gasteiger partial charge < -0.3 is 9.64 Å². The summed E-state index contributed by atoms with van der Waals surface area (Å²) in [6, 6.07) is 15.7. The van der Waals surface area contributed by atoms with E-state index in [-0.39, 0.29) is 29.2 Å². The van der Waals surface area contributed by atoms with Crippen LogP contribution in [0, 0.1) is 28.9 Å². The number of nitrogens with zero attached hydrogens (tertiary/aromatic N) is 3. The van der Waals surface area contributed by atoms with E-state index in [1.165, 1.54) is 23.1 Å². The molecule has 1 fully saturated rings. The zero-order valence-electron chi connectivity index (χ0n) is 16.7. The molecule has 0 saturated carbocycles. The van der Waals surface area contributed by atoms with Gasteiger partial charge in [-0.1, -0.05) is 30.3 Å². The van der Waals surface area contributed by atoms with Crippen molar-refractivity contribution in [1.29, 1.82) is 5.26 Å². The van der Waals surface area contributed by atoms with Crippen molar-refractivity contribution in [2.45, 2.75) is 25.9 Å². The third-order valence-electron chi connectivity index (χ3n) is 5.29. The van der Waals surface area contributed by atoms with E-state index >= 15 is 4.39 Å². The van der Waals surface area contributed by atoms with E-state index in [0.717, 1.165) is 24.8 Å². The van der Waals surface area contributed by atoms with Crippen molar-refractivity contribution in [3.05, 3.63) is 77.2 Å². The lowest BCUT2D eigenvalue weighted by atomic mass is 10.0. The monoisotopic (exact) mass is 423 g/mol. The summed E-state index contributed by atoms with van der Waals surface area (Å²) < 4.78 is 50.4. The Balaban J connectivity index is 1.79. The van der Waals surface area contributed by atoms with E-state index in [2.05, 4.69) is 4.98 Å². The molecule has 0 amide bonds. The smallest absolute Gasteiger partial charge is 0.251 e. The van der Waals surface area contributed by atoms with E-state index in [4.69, 9.17) is 4.74 Å². The minimum Gasteiger partial charge on any atom is -0.488 e. The minimum atomic E-state index is -1.38. The predicted octanol–water partition coefficient (Wildman–Crippen LogP) is 5.61. The van der Waals surface area contributed by atoms with Gasteiger partial charge in [0.1, 0.15) is 23.7 Å². The molecule has 2 aromatic carbocycles. The van der Waals surface area contributed by atoms with E-state index in [1.807, 2.05) is 36.4 Å². The Morgan fingerprint density at radius 3 is 2.42 bits per heavy atom. The summed E-state index contributed by atoms with van der Waals surface area (Å²) in [5.41, 5.74) is 0.417. The van der Waals surface area contributed by atoms with Gasteiger partial charge in [0.15, 0.2) is 5.82 Å². The molecule has 0 bridgehead atoms. The molecule has 1 aliphatic heterocycles. The molecule has 4 rings (SSSR count). The number of anilines is 1. The van der Waals surface area contributed by atoms with Crippen LogP contribution in [0.15, 0.2) is 48.5 Å². The van der Waals surface area contributed by atoms with Gasteiger partial charge in [-0.3, -0.25) is 0 Å².